The lowest BCUT2D eigenvalue weighted by Gasteiger charge is -2.18. The molecule has 1 aromatic carbocycles. The van der Waals surface area contributed by atoms with Crippen LogP contribution in [0.4, 0.5) is 5.13 Å². The van der Waals surface area contributed by atoms with Crippen LogP contribution in [0.25, 0.3) is 10.2 Å². The highest BCUT2D eigenvalue weighted by atomic mass is 32.1. The second-order valence-electron chi connectivity index (χ2n) is 5.46. The predicted octanol–water partition coefficient (Wildman–Crippen LogP) is 4.79. The van der Waals surface area contributed by atoms with E-state index in [1.807, 2.05) is 25.1 Å². The van der Waals surface area contributed by atoms with E-state index in [9.17, 15) is 4.79 Å². The van der Waals surface area contributed by atoms with E-state index < -0.39 is 0 Å². The van der Waals surface area contributed by atoms with Crippen molar-refractivity contribution in [3.8, 4) is 0 Å². The number of anilines is 1. The number of amides is 1. The molecular weight excluding hydrogens is 308 g/mol. The molecule has 0 unspecified atom stereocenters. The van der Waals surface area contributed by atoms with Gasteiger partial charge in [0.05, 0.1) is 23.0 Å². The number of rotatable bonds is 6. The van der Waals surface area contributed by atoms with Crippen molar-refractivity contribution >= 4 is 32.6 Å². The molecule has 0 bridgehead atoms. The van der Waals surface area contributed by atoms with Crippen LogP contribution in [0.5, 0.6) is 0 Å². The standard InChI is InChI=1S/C18H20N2O2S/c1-3-6-17(21)20(12-14-7-5-10-22-14)18-19-15-9-8-13(4-2)11-16(15)23-18/h5,7-11H,3-4,6,12H2,1-2H3. The molecule has 0 saturated carbocycles. The third-order valence-electron chi connectivity index (χ3n) is 3.74. The number of furan rings is 1. The summed E-state index contributed by atoms with van der Waals surface area (Å²) >= 11 is 1.56. The molecule has 0 aliphatic rings. The van der Waals surface area contributed by atoms with Crippen molar-refractivity contribution in [2.45, 2.75) is 39.7 Å². The van der Waals surface area contributed by atoms with Gasteiger partial charge in [-0.1, -0.05) is 31.3 Å². The van der Waals surface area contributed by atoms with Crippen LogP contribution >= 0.6 is 11.3 Å². The molecule has 3 aromatic rings. The first-order valence-electron chi connectivity index (χ1n) is 7.93. The molecule has 23 heavy (non-hydrogen) atoms. The zero-order chi connectivity index (χ0) is 16.2. The number of aryl methyl sites for hydroxylation is 1. The number of fused-ring (bicyclic) bond motifs is 1. The Labute approximate surface area is 139 Å². The molecule has 0 aliphatic carbocycles. The summed E-state index contributed by atoms with van der Waals surface area (Å²) in [6.07, 6.45) is 3.95. The number of hydrogen-bond acceptors (Lipinski definition) is 4. The SMILES string of the molecule is CCCC(=O)N(Cc1ccco1)c1nc2ccc(CC)cc2s1. The topological polar surface area (TPSA) is 46.3 Å². The van der Waals surface area contributed by atoms with Crippen LogP contribution in [0.15, 0.2) is 41.0 Å². The second kappa shape index (κ2) is 6.96. The van der Waals surface area contributed by atoms with Gasteiger partial charge in [0, 0.05) is 6.42 Å². The lowest BCUT2D eigenvalue weighted by molar-refractivity contribution is -0.118. The molecule has 0 atom stereocenters. The fourth-order valence-corrected chi connectivity index (χ4v) is 3.51. The van der Waals surface area contributed by atoms with Gasteiger partial charge in [-0.05, 0) is 42.7 Å². The van der Waals surface area contributed by atoms with Crippen molar-refractivity contribution in [3.05, 3.63) is 47.9 Å². The van der Waals surface area contributed by atoms with Crippen LogP contribution in [0.3, 0.4) is 0 Å². The molecule has 1 amide bonds. The van der Waals surface area contributed by atoms with Crippen molar-refractivity contribution in [1.29, 1.82) is 0 Å². The molecule has 2 heterocycles. The van der Waals surface area contributed by atoms with Gasteiger partial charge in [0.15, 0.2) is 5.13 Å². The van der Waals surface area contributed by atoms with Gasteiger partial charge in [0.2, 0.25) is 5.91 Å². The summed E-state index contributed by atoms with van der Waals surface area (Å²) in [7, 11) is 0. The summed E-state index contributed by atoms with van der Waals surface area (Å²) in [5.74, 6) is 0.849. The van der Waals surface area contributed by atoms with E-state index in [1.165, 1.54) is 5.56 Å². The first kappa shape index (κ1) is 15.7. The highest BCUT2D eigenvalue weighted by Gasteiger charge is 2.20. The van der Waals surface area contributed by atoms with Crippen LogP contribution in [0.1, 0.15) is 38.0 Å². The van der Waals surface area contributed by atoms with Gasteiger partial charge in [-0.15, -0.1) is 0 Å². The lowest BCUT2D eigenvalue weighted by Crippen LogP contribution is -2.29. The summed E-state index contributed by atoms with van der Waals surface area (Å²) < 4.78 is 6.53. The Morgan fingerprint density at radius 3 is 2.87 bits per heavy atom. The van der Waals surface area contributed by atoms with E-state index in [4.69, 9.17) is 4.42 Å². The molecule has 0 spiro atoms. The number of carbonyl (C=O) groups is 1. The molecule has 0 radical (unpaired) electrons. The van der Waals surface area contributed by atoms with E-state index in [0.717, 1.165) is 34.0 Å². The highest BCUT2D eigenvalue weighted by Crippen LogP contribution is 2.31. The van der Waals surface area contributed by atoms with Crippen molar-refractivity contribution in [1.82, 2.24) is 4.98 Å². The first-order valence-corrected chi connectivity index (χ1v) is 8.75. The Morgan fingerprint density at radius 2 is 2.17 bits per heavy atom. The average molecular weight is 328 g/mol. The molecule has 5 heteroatoms. The smallest absolute Gasteiger partial charge is 0.229 e. The molecule has 0 N–H and O–H groups in total. The summed E-state index contributed by atoms with van der Waals surface area (Å²) in [6, 6.07) is 10.0. The fraction of sp³-hybridized carbons (Fsp3) is 0.333. The maximum Gasteiger partial charge on any atom is 0.229 e. The molecule has 0 saturated heterocycles. The van der Waals surface area contributed by atoms with Gasteiger partial charge in [-0.3, -0.25) is 9.69 Å². The van der Waals surface area contributed by atoms with Crippen LogP contribution in [0.2, 0.25) is 0 Å². The van der Waals surface area contributed by atoms with Gasteiger partial charge in [-0.25, -0.2) is 4.98 Å². The summed E-state index contributed by atoms with van der Waals surface area (Å²) in [5, 5.41) is 0.739. The minimum absolute atomic E-state index is 0.0821. The first-order chi connectivity index (χ1) is 11.2. The lowest BCUT2D eigenvalue weighted by atomic mass is 10.2. The minimum atomic E-state index is 0.0821. The number of carbonyl (C=O) groups excluding carboxylic acids is 1. The molecular formula is C18H20N2O2S. The normalized spacial score (nSPS) is 11.0. The Kier molecular flexibility index (Phi) is 4.76. The van der Waals surface area contributed by atoms with Crippen LogP contribution in [-0.4, -0.2) is 10.9 Å². The van der Waals surface area contributed by atoms with Crippen LogP contribution in [-0.2, 0) is 17.8 Å². The quantitative estimate of drug-likeness (QED) is 0.654. The maximum atomic E-state index is 12.5. The number of benzene rings is 1. The monoisotopic (exact) mass is 328 g/mol. The molecule has 120 valence electrons. The molecule has 2 aromatic heterocycles. The zero-order valence-corrected chi connectivity index (χ0v) is 14.2. The van der Waals surface area contributed by atoms with E-state index in [1.54, 1.807) is 22.5 Å². The van der Waals surface area contributed by atoms with Crippen molar-refractivity contribution in [2.75, 3.05) is 4.90 Å². The van der Waals surface area contributed by atoms with Crippen molar-refractivity contribution in [3.63, 3.8) is 0 Å². The second-order valence-corrected chi connectivity index (χ2v) is 6.47. The van der Waals surface area contributed by atoms with Crippen LogP contribution in [0, 0.1) is 0 Å². The van der Waals surface area contributed by atoms with Gasteiger partial charge < -0.3 is 4.42 Å². The molecule has 0 fully saturated rings. The Balaban J connectivity index is 1.96. The summed E-state index contributed by atoms with van der Waals surface area (Å²) in [6.45, 7) is 4.57. The highest BCUT2D eigenvalue weighted by molar-refractivity contribution is 7.22. The number of thiazole rings is 1. The number of aromatic nitrogens is 1. The van der Waals surface area contributed by atoms with Gasteiger partial charge in [-0.2, -0.15) is 0 Å². The van der Waals surface area contributed by atoms with Gasteiger partial charge in [0.1, 0.15) is 5.76 Å². The zero-order valence-electron chi connectivity index (χ0n) is 13.4. The van der Waals surface area contributed by atoms with E-state index >= 15 is 0 Å². The Morgan fingerprint density at radius 1 is 1.30 bits per heavy atom. The molecule has 0 aliphatic heterocycles. The minimum Gasteiger partial charge on any atom is -0.467 e. The van der Waals surface area contributed by atoms with E-state index in [0.29, 0.717) is 13.0 Å². The third-order valence-corrected chi connectivity index (χ3v) is 4.78. The van der Waals surface area contributed by atoms with E-state index in [-0.39, 0.29) is 5.91 Å². The van der Waals surface area contributed by atoms with Gasteiger partial charge >= 0.3 is 0 Å². The fourth-order valence-electron chi connectivity index (χ4n) is 2.46. The predicted molar refractivity (Wildman–Crippen MR) is 93.8 cm³/mol. The number of nitrogens with zero attached hydrogens (tertiary/aromatic N) is 2. The molecule has 3 rings (SSSR count). The average Bonchev–Trinajstić information content (AvgIpc) is 3.20. The summed E-state index contributed by atoms with van der Waals surface area (Å²) in [5.41, 5.74) is 2.22. The largest absolute Gasteiger partial charge is 0.467 e. The van der Waals surface area contributed by atoms with Crippen molar-refractivity contribution < 1.29 is 9.21 Å². The maximum absolute atomic E-state index is 12.5. The Bertz CT molecular complexity index is 793. The van der Waals surface area contributed by atoms with Crippen LogP contribution < -0.4 is 4.90 Å². The van der Waals surface area contributed by atoms with Crippen molar-refractivity contribution in [2.24, 2.45) is 0 Å². The van der Waals surface area contributed by atoms with Gasteiger partial charge in [0.25, 0.3) is 0 Å². The molecule has 4 nitrogen and oxygen atoms in total. The Hall–Kier alpha value is -2.14. The van der Waals surface area contributed by atoms with E-state index in [2.05, 4.69) is 24.0 Å². The third kappa shape index (κ3) is 3.45. The number of hydrogen-bond donors (Lipinski definition) is 0. The summed E-state index contributed by atoms with van der Waals surface area (Å²) in [4.78, 5) is 18.9.